The number of hydrogen-bond acceptors (Lipinski definition) is 5. The van der Waals surface area contributed by atoms with Crippen LogP contribution in [0.3, 0.4) is 0 Å². The van der Waals surface area contributed by atoms with Gasteiger partial charge in [0.05, 0.1) is 16.7 Å². The molecule has 10 heteroatoms. The molecule has 0 saturated carbocycles. The van der Waals surface area contributed by atoms with Gasteiger partial charge in [-0.1, -0.05) is 42.3 Å². The lowest BCUT2D eigenvalue weighted by Crippen LogP contribution is -2.42. The fourth-order valence-electron chi connectivity index (χ4n) is 2.70. The minimum absolute atomic E-state index is 0.0561. The van der Waals surface area contributed by atoms with Crippen LogP contribution < -0.4 is 21.9 Å². The van der Waals surface area contributed by atoms with E-state index in [9.17, 15) is 14.4 Å². The Labute approximate surface area is 177 Å². The Morgan fingerprint density at radius 2 is 2.07 bits per heavy atom. The molecule has 0 radical (unpaired) electrons. The van der Waals surface area contributed by atoms with E-state index in [0.717, 1.165) is 4.90 Å². The van der Waals surface area contributed by atoms with E-state index in [4.69, 9.17) is 33.7 Å². The van der Waals surface area contributed by atoms with E-state index in [1.54, 1.807) is 18.2 Å². The second kappa shape index (κ2) is 10.3. The molecule has 0 fully saturated rings. The number of rotatable bonds is 8. The number of nitrogens with zero attached hydrogens (tertiary/aromatic N) is 2. The number of aromatic amines is 1. The van der Waals surface area contributed by atoms with Gasteiger partial charge < -0.3 is 10.5 Å². The summed E-state index contributed by atoms with van der Waals surface area (Å²) in [6.45, 7) is 2.38. The highest BCUT2D eigenvalue weighted by Crippen LogP contribution is 2.26. The molecule has 0 spiro atoms. The molecule has 2 rings (SSSR count). The van der Waals surface area contributed by atoms with Crippen LogP contribution in [0.15, 0.2) is 33.9 Å². The van der Waals surface area contributed by atoms with Crippen molar-refractivity contribution in [3.05, 3.63) is 60.7 Å². The molecule has 3 N–H and O–H groups in total. The quantitative estimate of drug-likeness (QED) is 0.612. The number of nitrogen functional groups attached to an aromatic ring is 1. The first-order valence-electron chi connectivity index (χ1n) is 8.86. The average Bonchev–Trinajstić information content (AvgIpc) is 2.68. The number of methoxy groups -OCH3 is 1. The van der Waals surface area contributed by atoms with Gasteiger partial charge in [0.2, 0.25) is 0 Å². The van der Waals surface area contributed by atoms with E-state index < -0.39 is 17.2 Å². The van der Waals surface area contributed by atoms with Gasteiger partial charge in [0.25, 0.3) is 11.5 Å². The predicted octanol–water partition coefficient (Wildman–Crippen LogP) is 2.53. The molecule has 0 atom stereocenters. The number of ether oxygens (including phenoxy) is 1. The van der Waals surface area contributed by atoms with E-state index in [0.29, 0.717) is 28.6 Å². The van der Waals surface area contributed by atoms with Crippen molar-refractivity contribution >= 4 is 46.7 Å². The van der Waals surface area contributed by atoms with Gasteiger partial charge in [-0.05, 0) is 24.1 Å². The summed E-state index contributed by atoms with van der Waals surface area (Å²) in [6, 6.07) is 5.02. The zero-order valence-corrected chi connectivity index (χ0v) is 17.6. The van der Waals surface area contributed by atoms with Crippen molar-refractivity contribution in [2.24, 2.45) is 0 Å². The van der Waals surface area contributed by atoms with Crippen LogP contribution in [0, 0.1) is 0 Å². The summed E-state index contributed by atoms with van der Waals surface area (Å²) in [5.41, 5.74) is 5.13. The van der Waals surface area contributed by atoms with E-state index >= 15 is 0 Å². The van der Waals surface area contributed by atoms with E-state index in [2.05, 4.69) is 4.98 Å². The first-order chi connectivity index (χ1) is 13.8. The Kier molecular flexibility index (Phi) is 8.07. The van der Waals surface area contributed by atoms with Crippen molar-refractivity contribution in [3.63, 3.8) is 0 Å². The summed E-state index contributed by atoms with van der Waals surface area (Å²) < 4.78 is 6.27. The molecular formula is C19H22Cl2N4O4. The fraction of sp³-hybridized carbons (Fsp3) is 0.316. The number of amides is 1. The predicted molar refractivity (Wildman–Crippen MR) is 116 cm³/mol. The molecule has 2 aromatic rings. The van der Waals surface area contributed by atoms with Gasteiger partial charge in [-0.25, -0.2) is 4.79 Å². The summed E-state index contributed by atoms with van der Waals surface area (Å²) in [5.74, 6) is -0.615. The summed E-state index contributed by atoms with van der Waals surface area (Å²) in [5, 5.41) is 0.653. The van der Waals surface area contributed by atoms with E-state index in [1.165, 1.54) is 23.8 Å². The number of anilines is 2. The molecule has 0 aliphatic heterocycles. The molecule has 8 nitrogen and oxygen atoms in total. The molecule has 1 amide bonds. The van der Waals surface area contributed by atoms with Gasteiger partial charge in [-0.2, -0.15) is 0 Å². The lowest BCUT2D eigenvalue weighted by atomic mass is 10.2. The van der Waals surface area contributed by atoms with Crippen molar-refractivity contribution < 1.29 is 9.53 Å². The van der Waals surface area contributed by atoms with Gasteiger partial charge in [0.1, 0.15) is 5.82 Å². The van der Waals surface area contributed by atoms with Crippen molar-refractivity contribution in [2.75, 3.05) is 30.9 Å². The maximum absolute atomic E-state index is 12.9. The number of halogens is 2. The highest BCUT2D eigenvalue weighted by molar-refractivity contribution is 6.42. The van der Waals surface area contributed by atoms with E-state index in [1.807, 2.05) is 6.92 Å². The number of H-pyrrole nitrogens is 1. The molecule has 1 aromatic carbocycles. The second-order valence-corrected chi connectivity index (χ2v) is 6.89. The molecule has 29 heavy (non-hydrogen) atoms. The summed E-state index contributed by atoms with van der Waals surface area (Å²) >= 11 is 12.1. The second-order valence-electron chi connectivity index (χ2n) is 6.10. The third-order valence-electron chi connectivity index (χ3n) is 4.10. The van der Waals surface area contributed by atoms with Crippen LogP contribution in [-0.4, -0.2) is 35.7 Å². The molecule has 0 unspecified atom stereocenters. The van der Waals surface area contributed by atoms with Gasteiger partial charge in [-0.3, -0.25) is 24.0 Å². The number of nitrogens with one attached hydrogen (secondary N) is 1. The third-order valence-corrected chi connectivity index (χ3v) is 4.94. The van der Waals surface area contributed by atoms with Crippen LogP contribution in [0.5, 0.6) is 0 Å². The number of carbonyl (C=O) groups excluding carboxylic acids is 1. The molecule has 1 heterocycles. The number of hydrogen-bond donors (Lipinski definition) is 2. The maximum atomic E-state index is 12.9. The van der Waals surface area contributed by atoms with Crippen LogP contribution >= 0.6 is 23.2 Å². The average molecular weight is 441 g/mol. The minimum Gasteiger partial charge on any atom is -0.383 e. The number of benzene rings is 1. The van der Waals surface area contributed by atoms with Gasteiger partial charge >= 0.3 is 5.69 Å². The number of carbonyl (C=O) groups is 1. The first-order valence-corrected chi connectivity index (χ1v) is 9.62. The van der Waals surface area contributed by atoms with Gasteiger partial charge in [0.15, 0.2) is 5.69 Å². The molecule has 1 aromatic heterocycles. The third kappa shape index (κ3) is 5.29. The highest BCUT2D eigenvalue weighted by atomic mass is 35.5. The first kappa shape index (κ1) is 22.7. The molecule has 0 aliphatic carbocycles. The Hall–Kier alpha value is -2.55. The Bertz CT molecular complexity index is 1030. The molecule has 0 aliphatic rings. The van der Waals surface area contributed by atoms with Crippen LogP contribution in [0.25, 0.3) is 6.08 Å². The fourth-order valence-corrected chi connectivity index (χ4v) is 3.07. The Balaban J connectivity index is 2.49. The summed E-state index contributed by atoms with van der Waals surface area (Å²) in [7, 11) is 1.47. The lowest BCUT2D eigenvalue weighted by Gasteiger charge is -2.23. The van der Waals surface area contributed by atoms with Gasteiger partial charge in [0, 0.05) is 26.3 Å². The zero-order chi connectivity index (χ0) is 21.6. The van der Waals surface area contributed by atoms with Crippen molar-refractivity contribution in [1.29, 1.82) is 0 Å². The normalized spacial score (nSPS) is 11.2. The number of nitrogens with two attached hydrogens (primary N) is 1. The number of aromatic nitrogens is 2. The topological polar surface area (TPSA) is 110 Å². The van der Waals surface area contributed by atoms with Crippen LogP contribution in [0.1, 0.15) is 18.9 Å². The van der Waals surface area contributed by atoms with E-state index in [-0.39, 0.29) is 24.7 Å². The molecular weight excluding hydrogens is 419 g/mol. The van der Waals surface area contributed by atoms with Crippen molar-refractivity contribution in [3.8, 4) is 0 Å². The largest absolute Gasteiger partial charge is 0.383 e. The monoisotopic (exact) mass is 440 g/mol. The van der Waals surface area contributed by atoms with Crippen molar-refractivity contribution in [2.45, 2.75) is 19.9 Å². The molecule has 0 saturated heterocycles. The van der Waals surface area contributed by atoms with Crippen molar-refractivity contribution in [1.82, 2.24) is 9.55 Å². The summed E-state index contributed by atoms with van der Waals surface area (Å²) in [6.07, 6.45) is 3.36. The smallest absolute Gasteiger partial charge is 0.330 e. The van der Waals surface area contributed by atoms with Crippen LogP contribution in [0.2, 0.25) is 10.0 Å². The SMILES string of the molecule is CCCn1c(N)c(N(CCOC)C(=O)/C=C/c2cccc(Cl)c2Cl)c(=O)[nH]c1=O. The Morgan fingerprint density at radius 3 is 2.72 bits per heavy atom. The molecule has 156 valence electrons. The zero-order valence-electron chi connectivity index (χ0n) is 16.1. The van der Waals surface area contributed by atoms with Crippen LogP contribution in [-0.2, 0) is 16.1 Å². The minimum atomic E-state index is -0.751. The summed E-state index contributed by atoms with van der Waals surface area (Å²) in [4.78, 5) is 40.8. The highest BCUT2D eigenvalue weighted by Gasteiger charge is 2.22. The van der Waals surface area contributed by atoms with Crippen LogP contribution in [0.4, 0.5) is 11.5 Å². The standard InChI is InChI=1S/C19H22Cl2N4O4/c1-3-9-25-17(22)16(18(27)23-19(25)28)24(10-11-29-2)14(26)8-7-12-5-4-6-13(20)15(12)21/h4-8H,3,9-11,22H2,1-2H3,(H,23,27,28)/b8-7+. The maximum Gasteiger partial charge on any atom is 0.330 e. The Morgan fingerprint density at radius 1 is 1.34 bits per heavy atom. The molecule has 0 bridgehead atoms. The van der Waals surface area contributed by atoms with Gasteiger partial charge in [-0.15, -0.1) is 0 Å². The lowest BCUT2D eigenvalue weighted by molar-refractivity contribution is -0.114.